The number of aromatic nitrogens is 2. The molecule has 3 aromatic rings. The molecule has 1 saturated heterocycles. The van der Waals surface area contributed by atoms with E-state index in [1.54, 1.807) is 6.92 Å². The summed E-state index contributed by atoms with van der Waals surface area (Å²) in [6.45, 7) is 5.20. The molecule has 1 aromatic carbocycles. The van der Waals surface area contributed by atoms with Gasteiger partial charge in [-0.25, -0.2) is 0 Å². The zero-order valence-corrected chi connectivity index (χ0v) is 15.2. The maximum atomic E-state index is 12.9. The van der Waals surface area contributed by atoms with Gasteiger partial charge in [0.1, 0.15) is 11.3 Å². The number of hydrogen-bond acceptors (Lipinski definition) is 4. The number of carbonyl (C=O) groups is 1. The van der Waals surface area contributed by atoms with Crippen LogP contribution >= 0.6 is 0 Å². The molecule has 0 bridgehead atoms. The van der Waals surface area contributed by atoms with Crippen LogP contribution in [0.4, 0.5) is 0 Å². The maximum Gasteiger partial charge on any atom is 0.259 e. The van der Waals surface area contributed by atoms with Crippen molar-refractivity contribution in [1.29, 1.82) is 0 Å². The summed E-state index contributed by atoms with van der Waals surface area (Å²) < 4.78 is 5.17. The number of hydrogen-bond donors (Lipinski definition) is 0. The summed E-state index contributed by atoms with van der Waals surface area (Å²) in [6, 6.07) is 8.36. The molecule has 134 valence electrons. The Morgan fingerprint density at radius 2 is 2.12 bits per heavy atom. The lowest BCUT2D eigenvalue weighted by Crippen LogP contribution is -2.40. The molecule has 0 saturated carbocycles. The van der Waals surface area contributed by atoms with Gasteiger partial charge in [0, 0.05) is 30.9 Å². The van der Waals surface area contributed by atoms with Crippen molar-refractivity contribution in [1.82, 2.24) is 15.0 Å². The van der Waals surface area contributed by atoms with Gasteiger partial charge in [0.2, 0.25) is 0 Å². The van der Waals surface area contributed by atoms with Gasteiger partial charge in [0.15, 0.2) is 0 Å². The minimum Gasteiger partial charge on any atom is -0.361 e. The van der Waals surface area contributed by atoms with Gasteiger partial charge in [-0.05, 0) is 50.0 Å². The van der Waals surface area contributed by atoms with Crippen LogP contribution in [-0.2, 0) is 6.42 Å². The van der Waals surface area contributed by atoms with E-state index in [2.05, 4.69) is 28.3 Å². The van der Waals surface area contributed by atoms with Crippen LogP contribution in [0.5, 0.6) is 0 Å². The van der Waals surface area contributed by atoms with Crippen molar-refractivity contribution >= 4 is 16.7 Å². The van der Waals surface area contributed by atoms with Crippen LogP contribution in [0.15, 0.2) is 41.2 Å². The van der Waals surface area contributed by atoms with E-state index in [0.29, 0.717) is 22.9 Å². The molecule has 0 unspecified atom stereocenters. The smallest absolute Gasteiger partial charge is 0.259 e. The number of aryl methyl sites for hydroxylation is 2. The first kappa shape index (κ1) is 16.8. The molecule has 1 atom stereocenters. The zero-order valence-electron chi connectivity index (χ0n) is 15.2. The number of rotatable bonds is 3. The molecule has 1 amide bonds. The summed E-state index contributed by atoms with van der Waals surface area (Å²) in [6.07, 6.45) is 6.98. The molecule has 1 aliphatic heterocycles. The van der Waals surface area contributed by atoms with E-state index in [1.807, 2.05) is 30.3 Å². The first-order chi connectivity index (χ1) is 12.6. The molecule has 4 rings (SSSR count). The Hall–Kier alpha value is -2.69. The normalized spacial score (nSPS) is 17.6. The van der Waals surface area contributed by atoms with Crippen LogP contribution in [0, 0.1) is 19.8 Å². The summed E-state index contributed by atoms with van der Waals surface area (Å²) >= 11 is 0. The van der Waals surface area contributed by atoms with E-state index >= 15 is 0 Å². The van der Waals surface area contributed by atoms with Gasteiger partial charge in [0.05, 0.1) is 5.69 Å². The van der Waals surface area contributed by atoms with Crippen molar-refractivity contribution in [2.24, 2.45) is 5.92 Å². The molecule has 0 radical (unpaired) electrons. The van der Waals surface area contributed by atoms with Gasteiger partial charge >= 0.3 is 0 Å². The Morgan fingerprint density at radius 1 is 1.27 bits per heavy atom. The van der Waals surface area contributed by atoms with E-state index in [-0.39, 0.29) is 5.91 Å². The number of piperidine rings is 1. The molecule has 1 aliphatic rings. The molecule has 26 heavy (non-hydrogen) atoms. The fourth-order valence-corrected chi connectivity index (χ4v) is 4.02. The third-order valence-electron chi connectivity index (χ3n) is 5.31. The lowest BCUT2D eigenvalue weighted by molar-refractivity contribution is 0.0671. The lowest BCUT2D eigenvalue weighted by atomic mass is 9.90. The van der Waals surface area contributed by atoms with E-state index in [4.69, 9.17) is 4.52 Å². The third-order valence-corrected chi connectivity index (χ3v) is 5.31. The first-order valence-electron chi connectivity index (χ1n) is 9.17. The van der Waals surface area contributed by atoms with Gasteiger partial charge < -0.3 is 9.42 Å². The van der Waals surface area contributed by atoms with Crippen LogP contribution in [0.2, 0.25) is 0 Å². The fourth-order valence-electron chi connectivity index (χ4n) is 4.02. The molecule has 0 N–H and O–H groups in total. The monoisotopic (exact) mass is 349 g/mol. The predicted molar refractivity (Wildman–Crippen MR) is 100 cm³/mol. The lowest BCUT2D eigenvalue weighted by Gasteiger charge is -2.33. The van der Waals surface area contributed by atoms with Crippen molar-refractivity contribution in [3.8, 4) is 0 Å². The number of nitrogens with zero attached hydrogens (tertiary/aromatic N) is 3. The molecule has 5 heteroatoms. The van der Waals surface area contributed by atoms with Gasteiger partial charge in [-0.15, -0.1) is 0 Å². The Kier molecular flexibility index (Phi) is 4.45. The molecule has 3 heterocycles. The van der Waals surface area contributed by atoms with Crippen LogP contribution in [0.25, 0.3) is 10.8 Å². The second-order valence-electron chi connectivity index (χ2n) is 7.18. The summed E-state index contributed by atoms with van der Waals surface area (Å²) in [5, 5.41) is 6.35. The average molecular weight is 349 g/mol. The van der Waals surface area contributed by atoms with Crippen molar-refractivity contribution in [2.45, 2.75) is 33.1 Å². The van der Waals surface area contributed by atoms with Crippen LogP contribution in [0.3, 0.4) is 0 Å². The standard InChI is InChI=1S/C21H23N3O2/c1-14-20(15(2)26-23-14)21(25)24-9-5-6-16(13-24)10-18-12-22-11-17-7-3-4-8-19(17)18/h3-4,7-8,11-12,16H,5-6,9-10,13H2,1-2H3/t16-/m0/s1. The van der Waals surface area contributed by atoms with Crippen molar-refractivity contribution in [3.05, 3.63) is 59.2 Å². The SMILES string of the molecule is Cc1noc(C)c1C(=O)N1CCC[C@@H](Cc2cncc3ccccc23)C1. The van der Waals surface area contributed by atoms with E-state index in [0.717, 1.165) is 32.4 Å². The molecular weight excluding hydrogens is 326 g/mol. The van der Waals surface area contributed by atoms with Gasteiger partial charge in [-0.3, -0.25) is 9.78 Å². The van der Waals surface area contributed by atoms with Gasteiger partial charge in [-0.1, -0.05) is 29.4 Å². The number of fused-ring (bicyclic) bond motifs is 1. The number of likely N-dealkylation sites (tertiary alicyclic amines) is 1. The second kappa shape index (κ2) is 6.90. The topological polar surface area (TPSA) is 59.2 Å². The minimum absolute atomic E-state index is 0.0435. The van der Waals surface area contributed by atoms with E-state index in [9.17, 15) is 4.79 Å². The summed E-state index contributed by atoms with van der Waals surface area (Å²) in [5.74, 6) is 1.09. The minimum atomic E-state index is 0.0435. The summed E-state index contributed by atoms with van der Waals surface area (Å²) in [7, 11) is 0. The van der Waals surface area contributed by atoms with Gasteiger partial charge in [0.25, 0.3) is 5.91 Å². The third kappa shape index (κ3) is 3.09. The number of amides is 1. The molecule has 0 spiro atoms. The Bertz CT molecular complexity index is 923. The maximum absolute atomic E-state index is 12.9. The first-order valence-corrected chi connectivity index (χ1v) is 9.17. The second-order valence-corrected chi connectivity index (χ2v) is 7.18. The molecule has 1 fully saturated rings. The Balaban J connectivity index is 1.53. The molecule has 2 aromatic heterocycles. The molecule has 0 aliphatic carbocycles. The number of pyridine rings is 1. The molecular formula is C21H23N3O2. The van der Waals surface area contributed by atoms with Crippen molar-refractivity contribution in [3.63, 3.8) is 0 Å². The van der Waals surface area contributed by atoms with E-state index in [1.165, 1.54) is 16.3 Å². The Morgan fingerprint density at radius 3 is 2.92 bits per heavy atom. The highest BCUT2D eigenvalue weighted by Gasteiger charge is 2.28. The van der Waals surface area contributed by atoms with Gasteiger partial charge in [-0.2, -0.15) is 0 Å². The number of benzene rings is 1. The quantitative estimate of drug-likeness (QED) is 0.719. The van der Waals surface area contributed by atoms with Crippen LogP contribution < -0.4 is 0 Å². The van der Waals surface area contributed by atoms with Crippen LogP contribution in [0.1, 0.15) is 40.2 Å². The fraction of sp³-hybridized carbons (Fsp3) is 0.381. The Labute approximate surface area is 153 Å². The predicted octanol–water partition coefficient (Wildman–Crippen LogP) is 3.93. The summed E-state index contributed by atoms with van der Waals surface area (Å²) in [4.78, 5) is 19.3. The van der Waals surface area contributed by atoms with E-state index < -0.39 is 0 Å². The van der Waals surface area contributed by atoms with Crippen molar-refractivity contribution in [2.75, 3.05) is 13.1 Å². The highest BCUT2D eigenvalue weighted by atomic mass is 16.5. The average Bonchev–Trinajstić information content (AvgIpc) is 3.00. The zero-order chi connectivity index (χ0) is 18.1. The largest absolute Gasteiger partial charge is 0.361 e. The number of carbonyl (C=O) groups excluding carboxylic acids is 1. The van der Waals surface area contributed by atoms with Crippen LogP contribution in [-0.4, -0.2) is 34.0 Å². The summed E-state index contributed by atoms with van der Waals surface area (Å²) in [5.41, 5.74) is 2.56. The highest BCUT2D eigenvalue weighted by Crippen LogP contribution is 2.26. The van der Waals surface area contributed by atoms with Crippen molar-refractivity contribution < 1.29 is 9.32 Å². The highest BCUT2D eigenvalue weighted by molar-refractivity contribution is 5.96. The molecule has 5 nitrogen and oxygen atoms in total.